The molecule has 0 saturated heterocycles. The van der Waals surface area contributed by atoms with Crippen LogP contribution in [0.25, 0.3) is 10.9 Å². The van der Waals surface area contributed by atoms with Gasteiger partial charge in [0.15, 0.2) is 0 Å². The lowest BCUT2D eigenvalue weighted by Gasteiger charge is -2.08. The molecule has 17 heavy (non-hydrogen) atoms. The third kappa shape index (κ3) is 2.94. The Bertz CT molecular complexity index is 497. The van der Waals surface area contributed by atoms with Crippen molar-refractivity contribution in [3.8, 4) is 5.75 Å². The summed E-state index contributed by atoms with van der Waals surface area (Å²) in [5.74, 6) is 0.864. The van der Waals surface area contributed by atoms with Crippen molar-refractivity contribution in [3.63, 3.8) is 0 Å². The van der Waals surface area contributed by atoms with E-state index in [0.29, 0.717) is 6.61 Å². The van der Waals surface area contributed by atoms with Crippen LogP contribution in [0.4, 0.5) is 0 Å². The molecule has 1 aromatic heterocycles. The van der Waals surface area contributed by atoms with Crippen LogP contribution < -0.4 is 10.5 Å². The van der Waals surface area contributed by atoms with Crippen LogP contribution in [0, 0.1) is 6.92 Å². The summed E-state index contributed by atoms with van der Waals surface area (Å²) in [6.45, 7) is 3.41. The molecule has 0 bridgehead atoms. The standard InChI is InChI=1S/C14H18N2O/c1-11-7-8-12-5-4-6-13(14(12)16-11)17-10-3-2-9-15/h4-8H,2-3,9-10,15H2,1H3. The van der Waals surface area contributed by atoms with E-state index in [2.05, 4.69) is 17.1 Å². The largest absolute Gasteiger partial charge is 0.491 e. The first kappa shape index (κ1) is 11.9. The second-order valence-corrected chi connectivity index (χ2v) is 4.12. The van der Waals surface area contributed by atoms with Crippen LogP contribution in [0.5, 0.6) is 5.75 Å². The first-order chi connectivity index (χ1) is 8.31. The lowest BCUT2D eigenvalue weighted by molar-refractivity contribution is 0.311. The van der Waals surface area contributed by atoms with Crippen LogP contribution in [0.3, 0.4) is 0 Å². The van der Waals surface area contributed by atoms with Gasteiger partial charge < -0.3 is 10.5 Å². The minimum absolute atomic E-state index is 0.700. The molecule has 3 nitrogen and oxygen atoms in total. The average molecular weight is 230 g/mol. The maximum atomic E-state index is 5.76. The van der Waals surface area contributed by atoms with Gasteiger partial charge in [0, 0.05) is 11.1 Å². The second-order valence-electron chi connectivity index (χ2n) is 4.12. The monoisotopic (exact) mass is 230 g/mol. The number of aromatic nitrogens is 1. The molecule has 0 amide bonds. The van der Waals surface area contributed by atoms with Gasteiger partial charge in [0.2, 0.25) is 0 Å². The fraction of sp³-hybridized carbons (Fsp3) is 0.357. The lowest BCUT2D eigenvalue weighted by atomic mass is 10.2. The molecular weight excluding hydrogens is 212 g/mol. The maximum absolute atomic E-state index is 5.76. The van der Waals surface area contributed by atoms with Gasteiger partial charge in [-0.15, -0.1) is 0 Å². The highest BCUT2D eigenvalue weighted by molar-refractivity contribution is 5.84. The molecule has 2 aromatic rings. The van der Waals surface area contributed by atoms with Crippen LogP contribution in [0.15, 0.2) is 30.3 Å². The van der Waals surface area contributed by atoms with E-state index in [1.807, 2.05) is 25.1 Å². The van der Waals surface area contributed by atoms with Crippen LogP contribution >= 0.6 is 0 Å². The molecule has 0 unspecified atom stereocenters. The van der Waals surface area contributed by atoms with Gasteiger partial charge in [-0.2, -0.15) is 0 Å². The zero-order chi connectivity index (χ0) is 12.1. The maximum Gasteiger partial charge on any atom is 0.145 e. The van der Waals surface area contributed by atoms with Crippen LogP contribution in [-0.4, -0.2) is 18.1 Å². The Labute approximate surface area is 102 Å². The number of hydrogen-bond acceptors (Lipinski definition) is 3. The van der Waals surface area contributed by atoms with Crippen molar-refractivity contribution in [2.45, 2.75) is 19.8 Å². The number of ether oxygens (including phenoxy) is 1. The van der Waals surface area contributed by atoms with Gasteiger partial charge >= 0.3 is 0 Å². The predicted octanol–water partition coefficient (Wildman–Crippen LogP) is 2.66. The summed E-state index contributed by atoms with van der Waals surface area (Å²) in [6.07, 6.45) is 1.98. The normalized spacial score (nSPS) is 10.7. The van der Waals surface area contributed by atoms with Crippen LogP contribution in [-0.2, 0) is 0 Å². The first-order valence-corrected chi connectivity index (χ1v) is 6.00. The van der Waals surface area contributed by atoms with Gasteiger partial charge in [-0.25, -0.2) is 4.98 Å². The molecule has 0 aliphatic rings. The van der Waals surface area contributed by atoms with E-state index in [9.17, 15) is 0 Å². The molecule has 0 fully saturated rings. The summed E-state index contributed by atoms with van der Waals surface area (Å²) in [4.78, 5) is 4.52. The fourth-order valence-corrected chi connectivity index (χ4v) is 1.76. The Hall–Kier alpha value is -1.61. The molecule has 0 aliphatic carbocycles. The molecule has 0 aliphatic heterocycles. The number of nitrogens with two attached hydrogens (primary N) is 1. The summed E-state index contributed by atoms with van der Waals surface area (Å²) in [5.41, 5.74) is 7.40. The van der Waals surface area contributed by atoms with Gasteiger partial charge in [-0.1, -0.05) is 18.2 Å². The quantitative estimate of drug-likeness (QED) is 0.803. The van der Waals surface area contributed by atoms with E-state index in [-0.39, 0.29) is 0 Å². The first-order valence-electron chi connectivity index (χ1n) is 6.00. The van der Waals surface area contributed by atoms with Crippen molar-refractivity contribution in [1.29, 1.82) is 0 Å². The molecule has 1 heterocycles. The van der Waals surface area contributed by atoms with Gasteiger partial charge in [0.05, 0.1) is 6.61 Å². The lowest BCUT2D eigenvalue weighted by Crippen LogP contribution is -2.03. The van der Waals surface area contributed by atoms with E-state index in [1.54, 1.807) is 0 Å². The Kier molecular flexibility index (Phi) is 3.94. The zero-order valence-electron chi connectivity index (χ0n) is 10.1. The van der Waals surface area contributed by atoms with E-state index in [4.69, 9.17) is 10.5 Å². The molecule has 0 atom stereocenters. The molecule has 0 radical (unpaired) electrons. The Morgan fingerprint density at radius 2 is 2.06 bits per heavy atom. The number of benzene rings is 1. The van der Waals surface area contributed by atoms with Crippen LogP contribution in [0.2, 0.25) is 0 Å². The highest BCUT2D eigenvalue weighted by Gasteiger charge is 2.03. The zero-order valence-corrected chi connectivity index (χ0v) is 10.1. The number of unbranched alkanes of at least 4 members (excludes halogenated alkanes) is 1. The van der Waals surface area contributed by atoms with Crippen molar-refractivity contribution >= 4 is 10.9 Å². The summed E-state index contributed by atoms with van der Waals surface area (Å²) >= 11 is 0. The Morgan fingerprint density at radius 3 is 2.88 bits per heavy atom. The molecule has 3 heteroatoms. The van der Waals surface area contributed by atoms with Gasteiger partial charge in [0.1, 0.15) is 11.3 Å². The topological polar surface area (TPSA) is 48.1 Å². The molecule has 0 spiro atoms. The summed E-state index contributed by atoms with van der Waals surface area (Å²) < 4.78 is 5.76. The smallest absolute Gasteiger partial charge is 0.145 e. The van der Waals surface area contributed by atoms with Gasteiger partial charge in [0.25, 0.3) is 0 Å². The van der Waals surface area contributed by atoms with E-state index in [0.717, 1.165) is 41.7 Å². The Balaban J connectivity index is 2.18. The number of hydrogen-bond donors (Lipinski definition) is 1. The van der Waals surface area contributed by atoms with Crippen molar-refractivity contribution in [2.75, 3.05) is 13.2 Å². The average Bonchev–Trinajstić information content (AvgIpc) is 2.35. The summed E-state index contributed by atoms with van der Waals surface area (Å²) in [6, 6.07) is 10.1. The molecular formula is C14H18N2O. The van der Waals surface area contributed by atoms with E-state index in [1.165, 1.54) is 0 Å². The molecule has 1 aromatic carbocycles. The fourth-order valence-electron chi connectivity index (χ4n) is 1.76. The molecule has 0 saturated carbocycles. The minimum atomic E-state index is 0.700. The number of aryl methyl sites for hydroxylation is 1. The number of fused-ring (bicyclic) bond motifs is 1. The number of para-hydroxylation sites is 1. The number of pyridine rings is 1. The van der Waals surface area contributed by atoms with Crippen LogP contribution in [0.1, 0.15) is 18.5 Å². The highest BCUT2D eigenvalue weighted by atomic mass is 16.5. The number of nitrogens with zero attached hydrogens (tertiary/aromatic N) is 1. The van der Waals surface area contributed by atoms with Gasteiger partial charge in [-0.3, -0.25) is 0 Å². The summed E-state index contributed by atoms with van der Waals surface area (Å²) in [7, 11) is 0. The Morgan fingerprint density at radius 1 is 1.18 bits per heavy atom. The minimum Gasteiger partial charge on any atom is -0.491 e. The molecule has 2 N–H and O–H groups in total. The number of rotatable bonds is 5. The second kappa shape index (κ2) is 5.64. The van der Waals surface area contributed by atoms with Crippen molar-refractivity contribution in [2.24, 2.45) is 5.73 Å². The third-order valence-electron chi connectivity index (χ3n) is 2.68. The van der Waals surface area contributed by atoms with Crippen molar-refractivity contribution < 1.29 is 4.74 Å². The molecule has 90 valence electrons. The van der Waals surface area contributed by atoms with Crippen molar-refractivity contribution in [3.05, 3.63) is 36.0 Å². The van der Waals surface area contributed by atoms with E-state index >= 15 is 0 Å². The van der Waals surface area contributed by atoms with Crippen molar-refractivity contribution in [1.82, 2.24) is 4.98 Å². The van der Waals surface area contributed by atoms with E-state index < -0.39 is 0 Å². The summed E-state index contributed by atoms with van der Waals surface area (Å²) in [5, 5.41) is 1.12. The predicted molar refractivity (Wildman–Crippen MR) is 70.3 cm³/mol. The SMILES string of the molecule is Cc1ccc2cccc(OCCCCN)c2n1. The third-order valence-corrected chi connectivity index (χ3v) is 2.68. The highest BCUT2D eigenvalue weighted by Crippen LogP contribution is 2.23. The van der Waals surface area contributed by atoms with Gasteiger partial charge in [-0.05, 0) is 38.4 Å². The molecule has 2 rings (SSSR count).